The molecule has 0 N–H and O–H groups in total. The van der Waals surface area contributed by atoms with Crippen LogP contribution in [0.15, 0.2) is 146 Å². The van der Waals surface area contributed by atoms with Gasteiger partial charge in [-0.2, -0.15) is 4.37 Å². The molecule has 4 nitrogen and oxygen atoms in total. The Kier molecular flexibility index (Phi) is 6.65. The first-order valence-electron chi connectivity index (χ1n) is 16.9. The molecule has 1 aromatic heterocycles. The molecular weight excluding hydrogens is 617 g/mol. The number of anilines is 6. The third-order valence-corrected chi connectivity index (χ3v) is 11.2. The molecule has 7 aromatic rings. The summed E-state index contributed by atoms with van der Waals surface area (Å²) in [4.78, 5) is 9.89. The van der Waals surface area contributed by atoms with E-state index in [0.717, 1.165) is 33.3 Å². The molecule has 0 unspecified atom stereocenters. The number of rotatable bonds is 4. The van der Waals surface area contributed by atoms with Crippen LogP contribution in [-0.2, 0) is 10.8 Å². The van der Waals surface area contributed by atoms with Gasteiger partial charge in [0.2, 0.25) is 0 Å². The molecule has 6 aromatic carbocycles. The molecule has 0 saturated heterocycles. The third kappa shape index (κ3) is 4.57. The Balaban J connectivity index is 1.09. The second-order valence-corrected chi connectivity index (χ2v) is 14.8. The molecule has 3 heterocycles. The monoisotopic (exact) mass is 652 g/mol. The summed E-state index contributed by atoms with van der Waals surface area (Å²) in [5.41, 5.74) is 14.2. The van der Waals surface area contributed by atoms with Gasteiger partial charge >= 0.3 is 0 Å². The van der Waals surface area contributed by atoms with Gasteiger partial charge in [0, 0.05) is 33.3 Å². The zero-order chi connectivity index (χ0) is 33.3. The van der Waals surface area contributed by atoms with Crippen molar-refractivity contribution in [2.45, 2.75) is 38.5 Å². The molecular formula is C44H36N4S. The molecule has 5 heteroatoms. The van der Waals surface area contributed by atoms with E-state index in [1.807, 2.05) is 0 Å². The summed E-state index contributed by atoms with van der Waals surface area (Å²) in [6.07, 6.45) is 0. The summed E-state index contributed by atoms with van der Waals surface area (Å²) in [6.45, 7) is 9.27. The summed E-state index contributed by atoms with van der Waals surface area (Å²) in [5.74, 6) is 0.738. The summed E-state index contributed by atoms with van der Waals surface area (Å²) < 4.78 is 4.89. The van der Waals surface area contributed by atoms with Crippen LogP contribution >= 0.6 is 11.5 Å². The van der Waals surface area contributed by atoms with Gasteiger partial charge in [-0.25, -0.2) is 4.98 Å². The summed E-state index contributed by atoms with van der Waals surface area (Å²) in [7, 11) is 0. The minimum Gasteiger partial charge on any atom is -0.310 e. The number of aromatic nitrogens is 2. The number of hydrogen-bond acceptors (Lipinski definition) is 5. The van der Waals surface area contributed by atoms with E-state index in [0.29, 0.717) is 0 Å². The average molecular weight is 653 g/mol. The summed E-state index contributed by atoms with van der Waals surface area (Å²) in [6, 6.07) is 52.4. The lowest BCUT2D eigenvalue weighted by Gasteiger charge is -2.42. The second kappa shape index (κ2) is 11.0. The average Bonchev–Trinajstić information content (AvgIpc) is 3.63. The van der Waals surface area contributed by atoms with Crippen molar-refractivity contribution in [2.75, 3.05) is 9.80 Å². The first-order valence-corrected chi connectivity index (χ1v) is 17.6. The largest absolute Gasteiger partial charge is 0.310 e. The Bertz CT molecular complexity index is 2120. The lowest BCUT2D eigenvalue weighted by atomic mass is 9.73. The first kappa shape index (κ1) is 29.6. The molecule has 0 fully saturated rings. The van der Waals surface area contributed by atoms with Crippen molar-refractivity contribution in [3.05, 3.63) is 168 Å². The minimum absolute atomic E-state index is 0.0987. The maximum absolute atomic E-state index is 5.12. The van der Waals surface area contributed by atoms with E-state index >= 15 is 0 Å². The standard InChI is InChI=1S/C44H36N4S/c1-43(2)33-19-5-9-23-37(33)47(38-24-10-6-20-34(38)43)31-17-13-15-29(27-31)41-45-42(49-46-41)30-16-14-18-32(28-30)48-39-25-11-7-21-35(39)44(3,4)36-22-8-12-26-40(36)48/h5-28H,1-4H3. The molecule has 0 spiro atoms. The predicted molar refractivity (Wildman–Crippen MR) is 204 cm³/mol. The lowest BCUT2D eigenvalue weighted by Crippen LogP contribution is -2.30. The van der Waals surface area contributed by atoms with Crippen LogP contribution in [-0.4, -0.2) is 9.36 Å². The van der Waals surface area contributed by atoms with Crippen LogP contribution in [0.4, 0.5) is 34.1 Å². The van der Waals surface area contributed by atoms with Crippen LogP contribution in [0.25, 0.3) is 22.0 Å². The van der Waals surface area contributed by atoms with Crippen LogP contribution in [0.3, 0.4) is 0 Å². The minimum atomic E-state index is -0.101. The molecule has 0 radical (unpaired) electrons. The summed E-state index contributed by atoms with van der Waals surface area (Å²) >= 11 is 1.45. The maximum Gasteiger partial charge on any atom is 0.173 e. The van der Waals surface area contributed by atoms with Crippen molar-refractivity contribution in [1.82, 2.24) is 9.36 Å². The Morgan fingerprint density at radius 2 is 0.837 bits per heavy atom. The number of fused-ring (bicyclic) bond motifs is 4. The van der Waals surface area contributed by atoms with Gasteiger partial charge < -0.3 is 9.80 Å². The van der Waals surface area contributed by atoms with Crippen molar-refractivity contribution in [1.29, 1.82) is 0 Å². The van der Waals surface area contributed by atoms with E-state index in [1.165, 1.54) is 56.5 Å². The van der Waals surface area contributed by atoms with E-state index in [1.54, 1.807) is 0 Å². The number of nitrogens with zero attached hydrogens (tertiary/aromatic N) is 4. The zero-order valence-corrected chi connectivity index (χ0v) is 28.9. The van der Waals surface area contributed by atoms with Crippen LogP contribution in [0.5, 0.6) is 0 Å². The number of para-hydroxylation sites is 4. The predicted octanol–water partition coefficient (Wildman–Crippen LogP) is 12.1. The van der Waals surface area contributed by atoms with Crippen LogP contribution in [0, 0.1) is 0 Å². The topological polar surface area (TPSA) is 32.3 Å². The van der Waals surface area contributed by atoms with Gasteiger partial charge in [-0.3, -0.25) is 0 Å². The highest BCUT2D eigenvalue weighted by Crippen LogP contribution is 2.53. The zero-order valence-electron chi connectivity index (χ0n) is 28.1. The maximum atomic E-state index is 5.12. The molecule has 0 amide bonds. The first-order chi connectivity index (χ1) is 23.8. The van der Waals surface area contributed by atoms with Crippen molar-refractivity contribution in [3.63, 3.8) is 0 Å². The quantitative estimate of drug-likeness (QED) is 0.189. The van der Waals surface area contributed by atoms with E-state index in [9.17, 15) is 0 Å². The van der Waals surface area contributed by atoms with Crippen LogP contribution in [0.2, 0.25) is 0 Å². The molecule has 49 heavy (non-hydrogen) atoms. The van der Waals surface area contributed by atoms with E-state index in [-0.39, 0.29) is 10.8 Å². The van der Waals surface area contributed by atoms with Crippen LogP contribution in [0.1, 0.15) is 49.9 Å². The van der Waals surface area contributed by atoms with Crippen molar-refractivity contribution >= 4 is 45.7 Å². The Morgan fingerprint density at radius 1 is 0.449 bits per heavy atom. The number of benzene rings is 6. The molecule has 0 saturated carbocycles. The Hall–Kier alpha value is -5.52. The van der Waals surface area contributed by atoms with Gasteiger partial charge in [-0.15, -0.1) is 0 Å². The fourth-order valence-electron chi connectivity index (χ4n) is 7.91. The Labute approximate surface area is 292 Å². The molecule has 238 valence electrons. The normalized spacial score (nSPS) is 15.2. The molecule has 0 aliphatic carbocycles. The van der Waals surface area contributed by atoms with Crippen molar-refractivity contribution in [3.8, 4) is 22.0 Å². The fraction of sp³-hybridized carbons (Fsp3) is 0.136. The molecule has 0 bridgehead atoms. The highest BCUT2D eigenvalue weighted by Gasteiger charge is 2.38. The van der Waals surface area contributed by atoms with E-state index < -0.39 is 0 Å². The van der Waals surface area contributed by atoms with Gasteiger partial charge in [-0.05, 0) is 82.3 Å². The second-order valence-electron chi connectivity index (χ2n) is 14.0. The van der Waals surface area contributed by atoms with E-state index in [4.69, 9.17) is 9.36 Å². The van der Waals surface area contributed by atoms with Gasteiger partial charge in [-0.1, -0.05) is 125 Å². The SMILES string of the molecule is CC1(C)c2ccccc2N(c2cccc(-c3nsc(-c4cccc(N5c6ccccc6C(C)(C)c6ccccc65)c4)n3)c2)c2ccccc21. The molecule has 2 aliphatic rings. The van der Waals surface area contributed by atoms with Crippen LogP contribution < -0.4 is 9.80 Å². The Morgan fingerprint density at radius 3 is 1.29 bits per heavy atom. The smallest absolute Gasteiger partial charge is 0.173 e. The van der Waals surface area contributed by atoms with Gasteiger partial charge in [0.15, 0.2) is 5.82 Å². The fourth-order valence-corrected chi connectivity index (χ4v) is 8.59. The molecule has 0 atom stereocenters. The highest BCUT2D eigenvalue weighted by molar-refractivity contribution is 7.09. The van der Waals surface area contributed by atoms with Gasteiger partial charge in [0.05, 0.1) is 22.7 Å². The van der Waals surface area contributed by atoms with E-state index in [2.05, 4.69) is 183 Å². The van der Waals surface area contributed by atoms with Crippen molar-refractivity contribution in [2.24, 2.45) is 0 Å². The molecule has 2 aliphatic heterocycles. The van der Waals surface area contributed by atoms with Gasteiger partial charge in [0.25, 0.3) is 0 Å². The van der Waals surface area contributed by atoms with Gasteiger partial charge in [0.1, 0.15) is 5.01 Å². The highest BCUT2D eigenvalue weighted by atomic mass is 32.1. The van der Waals surface area contributed by atoms with Crippen molar-refractivity contribution < 1.29 is 0 Å². The number of hydrogen-bond donors (Lipinski definition) is 0. The lowest BCUT2D eigenvalue weighted by molar-refractivity contribution is 0.632. The third-order valence-electron chi connectivity index (χ3n) is 10.4. The molecule has 9 rings (SSSR count). The summed E-state index contributed by atoms with van der Waals surface area (Å²) in [5, 5.41) is 0.900.